The fourth-order valence-corrected chi connectivity index (χ4v) is 3.12. The second-order valence-electron chi connectivity index (χ2n) is 5.16. The van der Waals surface area contributed by atoms with Crippen molar-refractivity contribution in [2.45, 2.75) is 6.92 Å². The Hall–Kier alpha value is -2.43. The molecule has 3 nitrogen and oxygen atoms in total. The van der Waals surface area contributed by atoms with Gasteiger partial charge in [0.25, 0.3) is 5.91 Å². The Kier molecular flexibility index (Phi) is 5.08. The number of para-hydroxylation sites is 2. The Balaban J connectivity index is 1.84. The van der Waals surface area contributed by atoms with Crippen molar-refractivity contribution < 1.29 is 4.79 Å². The number of halogens is 1. The molecule has 1 heterocycles. The van der Waals surface area contributed by atoms with E-state index in [0.717, 1.165) is 4.88 Å². The van der Waals surface area contributed by atoms with Gasteiger partial charge in [0.15, 0.2) is 0 Å². The average molecular weight is 355 g/mol. The van der Waals surface area contributed by atoms with Gasteiger partial charge in [0.05, 0.1) is 22.0 Å². The van der Waals surface area contributed by atoms with Gasteiger partial charge < -0.3 is 5.32 Å². The van der Waals surface area contributed by atoms with Crippen LogP contribution in [0.5, 0.6) is 0 Å². The van der Waals surface area contributed by atoms with E-state index in [4.69, 9.17) is 11.6 Å². The van der Waals surface area contributed by atoms with Gasteiger partial charge in [-0.25, -0.2) is 0 Å². The second-order valence-corrected chi connectivity index (χ2v) is 6.88. The highest BCUT2D eigenvalue weighted by Crippen LogP contribution is 2.24. The molecule has 0 aliphatic heterocycles. The first-order valence-electron chi connectivity index (χ1n) is 7.39. The van der Waals surface area contributed by atoms with Crippen LogP contribution in [0.3, 0.4) is 0 Å². The average Bonchev–Trinajstić information content (AvgIpc) is 3.01. The third kappa shape index (κ3) is 3.91. The van der Waals surface area contributed by atoms with Crippen molar-refractivity contribution in [3.8, 4) is 0 Å². The highest BCUT2D eigenvalue weighted by atomic mass is 35.5. The highest BCUT2D eigenvalue weighted by molar-refractivity contribution is 7.13. The molecule has 0 radical (unpaired) electrons. The number of amides is 1. The van der Waals surface area contributed by atoms with Gasteiger partial charge in [-0.1, -0.05) is 35.9 Å². The van der Waals surface area contributed by atoms with Gasteiger partial charge in [-0.3, -0.25) is 9.79 Å². The minimum absolute atomic E-state index is 0.238. The fourth-order valence-electron chi connectivity index (χ4n) is 2.19. The molecule has 0 unspecified atom stereocenters. The van der Waals surface area contributed by atoms with Crippen molar-refractivity contribution >= 4 is 46.4 Å². The molecule has 0 spiro atoms. The van der Waals surface area contributed by atoms with Crippen LogP contribution >= 0.6 is 22.9 Å². The van der Waals surface area contributed by atoms with Crippen LogP contribution in [0.25, 0.3) is 0 Å². The van der Waals surface area contributed by atoms with E-state index in [-0.39, 0.29) is 5.91 Å². The summed E-state index contributed by atoms with van der Waals surface area (Å²) in [5.41, 5.74) is 1.70. The Bertz CT molecular complexity index is 902. The molecule has 3 rings (SSSR count). The summed E-state index contributed by atoms with van der Waals surface area (Å²) in [6, 6.07) is 18.4. The summed E-state index contributed by atoms with van der Waals surface area (Å²) in [7, 11) is 0. The smallest absolute Gasteiger partial charge is 0.257 e. The van der Waals surface area contributed by atoms with Crippen LogP contribution in [0.15, 0.2) is 65.7 Å². The topological polar surface area (TPSA) is 41.5 Å². The maximum Gasteiger partial charge on any atom is 0.257 e. The van der Waals surface area contributed by atoms with E-state index < -0.39 is 0 Å². The molecule has 0 aliphatic carbocycles. The monoisotopic (exact) mass is 354 g/mol. The van der Waals surface area contributed by atoms with Crippen LogP contribution < -0.4 is 5.32 Å². The molecule has 5 heteroatoms. The van der Waals surface area contributed by atoms with Crippen LogP contribution in [-0.2, 0) is 0 Å². The van der Waals surface area contributed by atoms with Gasteiger partial charge in [0.2, 0.25) is 0 Å². The maximum atomic E-state index is 12.6. The summed E-state index contributed by atoms with van der Waals surface area (Å²) in [5.74, 6) is -0.238. The van der Waals surface area contributed by atoms with E-state index >= 15 is 0 Å². The molecule has 1 amide bonds. The summed E-state index contributed by atoms with van der Waals surface area (Å²) >= 11 is 7.75. The van der Waals surface area contributed by atoms with Gasteiger partial charge in [0, 0.05) is 16.0 Å². The molecule has 0 atom stereocenters. The predicted molar refractivity (Wildman–Crippen MR) is 102 cm³/mol. The zero-order valence-electron chi connectivity index (χ0n) is 13.0. The Labute approximate surface area is 149 Å². The standard InChI is InChI=1S/C19H15ClN2OS/c1-13-10-11-14(24-13)12-21-17-8-4-2-6-15(17)19(23)22-18-9-5-3-7-16(18)20/h2-12H,1H3,(H,22,23). The van der Waals surface area contributed by atoms with Gasteiger partial charge in [-0.15, -0.1) is 11.3 Å². The molecular formula is C19H15ClN2OS. The summed E-state index contributed by atoms with van der Waals surface area (Å²) < 4.78 is 0. The van der Waals surface area contributed by atoms with Crippen molar-refractivity contribution in [1.29, 1.82) is 0 Å². The number of aryl methyl sites for hydroxylation is 1. The number of carbonyl (C=O) groups excluding carboxylic acids is 1. The number of nitrogens with one attached hydrogen (secondary N) is 1. The van der Waals surface area contributed by atoms with Crippen molar-refractivity contribution in [3.05, 3.63) is 81.0 Å². The summed E-state index contributed by atoms with van der Waals surface area (Å²) in [6.07, 6.45) is 1.78. The molecule has 3 aromatic rings. The molecule has 0 aliphatic rings. The lowest BCUT2D eigenvalue weighted by atomic mass is 10.1. The fraction of sp³-hybridized carbons (Fsp3) is 0.0526. The number of aliphatic imine (C=N–C) groups is 1. The Morgan fingerprint density at radius 1 is 1.08 bits per heavy atom. The van der Waals surface area contributed by atoms with E-state index in [2.05, 4.69) is 10.3 Å². The molecule has 0 bridgehead atoms. The summed E-state index contributed by atoms with van der Waals surface area (Å²) in [5, 5.41) is 3.33. The maximum absolute atomic E-state index is 12.6. The molecule has 1 N–H and O–H groups in total. The molecule has 120 valence electrons. The first-order chi connectivity index (χ1) is 11.6. The number of rotatable bonds is 4. The lowest BCUT2D eigenvalue weighted by Gasteiger charge is -2.08. The number of benzene rings is 2. The van der Waals surface area contributed by atoms with Gasteiger partial charge in [-0.05, 0) is 43.3 Å². The minimum Gasteiger partial charge on any atom is -0.321 e. The number of hydrogen-bond donors (Lipinski definition) is 1. The molecule has 0 saturated carbocycles. The number of anilines is 1. The molecule has 1 aromatic heterocycles. The zero-order valence-corrected chi connectivity index (χ0v) is 14.6. The van der Waals surface area contributed by atoms with Crippen LogP contribution in [0.2, 0.25) is 5.02 Å². The van der Waals surface area contributed by atoms with Crippen molar-refractivity contribution in [1.82, 2.24) is 0 Å². The van der Waals surface area contributed by atoms with E-state index in [1.807, 2.05) is 49.4 Å². The number of thiophene rings is 1. The van der Waals surface area contributed by atoms with Crippen molar-refractivity contribution in [3.63, 3.8) is 0 Å². The van der Waals surface area contributed by atoms with Gasteiger partial charge in [0.1, 0.15) is 0 Å². The largest absolute Gasteiger partial charge is 0.321 e. The number of carbonyl (C=O) groups is 1. The first kappa shape index (κ1) is 16.4. The zero-order chi connectivity index (χ0) is 16.9. The molecular weight excluding hydrogens is 340 g/mol. The lowest BCUT2D eigenvalue weighted by molar-refractivity contribution is 0.102. The first-order valence-corrected chi connectivity index (χ1v) is 8.58. The quantitative estimate of drug-likeness (QED) is 0.599. The van der Waals surface area contributed by atoms with E-state index in [1.54, 1.807) is 35.8 Å². The van der Waals surface area contributed by atoms with Crippen LogP contribution in [0, 0.1) is 6.92 Å². The summed E-state index contributed by atoms with van der Waals surface area (Å²) in [4.78, 5) is 19.3. The minimum atomic E-state index is -0.238. The SMILES string of the molecule is Cc1ccc(C=Nc2ccccc2C(=O)Nc2ccccc2Cl)s1. The molecule has 0 fully saturated rings. The predicted octanol–water partition coefficient (Wildman–Crippen LogP) is 5.71. The molecule has 2 aromatic carbocycles. The van der Waals surface area contributed by atoms with E-state index in [9.17, 15) is 4.79 Å². The van der Waals surface area contributed by atoms with E-state index in [0.29, 0.717) is 22.0 Å². The van der Waals surface area contributed by atoms with Crippen molar-refractivity contribution in [2.75, 3.05) is 5.32 Å². The summed E-state index contributed by atoms with van der Waals surface area (Å²) in [6.45, 7) is 2.05. The third-order valence-corrected chi connectivity index (χ3v) is 4.63. The molecule has 0 saturated heterocycles. The van der Waals surface area contributed by atoms with Crippen LogP contribution in [0.4, 0.5) is 11.4 Å². The highest BCUT2D eigenvalue weighted by Gasteiger charge is 2.12. The second kappa shape index (κ2) is 7.43. The van der Waals surface area contributed by atoms with Crippen LogP contribution in [-0.4, -0.2) is 12.1 Å². The third-order valence-electron chi connectivity index (χ3n) is 3.36. The van der Waals surface area contributed by atoms with Crippen molar-refractivity contribution in [2.24, 2.45) is 4.99 Å². The van der Waals surface area contributed by atoms with Gasteiger partial charge in [-0.2, -0.15) is 0 Å². The Morgan fingerprint density at radius 2 is 1.83 bits per heavy atom. The Morgan fingerprint density at radius 3 is 2.58 bits per heavy atom. The van der Waals surface area contributed by atoms with E-state index in [1.165, 1.54) is 4.88 Å². The molecule has 24 heavy (non-hydrogen) atoms. The number of hydrogen-bond acceptors (Lipinski definition) is 3. The normalized spacial score (nSPS) is 10.9. The van der Waals surface area contributed by atoms with Gasteiger partial charge >= 0.3 is 0 Å². The lowest BCUT2D eigenvalue weighted by Crippen LogP contribution is -2.12. The number of nitrogens with zero attached hydrogens (tertiary/aromatic N) is 1. The van der Waals surface area contributed by atoms with Crippen LogP contribution in [0.1, 0.15) is 20.1 Å².